The lowest BCUT2D eigenvalue weighted by Gasteiger charge is -2.08. The van der Waals surface area contributed by atoms with Gasteiger partial charge in [0.05, 0.1) is 13.8 Å². The molecule has 0 aromatic carbocycles. The van der Waals surface area contributed by atoms with Gasteiger partial charge in [0, 0.05) is 11.1 Å². The highest BCUT2D eigenvalue weighted by Crippen LogP contribution is 2.38. The molecule has 0 bridgehead atoms. The van der Waals surface area contributed by atoms with Gasteiger partial charge in [-0.25, -0.2) is 0 Å². The first-order valence-corrected chi connectivity index (χ1v) is 6.66. The molecule has 1 N–H and O–H groups in total. The van der Waals surface area contributed by atoms with E-state index in [1.165, 1.54) is 0 Å². The molecule has 0 saturated heterocycles. The van der Waals surface area contributed by atoms with E-state index in [1.807, 2.05) is 13.0 Å². The molecular weight excluding hydrogens is 344 g/mol. The second-order valence-electron chi connectivity index (χ2n) is 3.11. The van der Waals surface area contributed by atoms with Crippen LogP contribution in [0.1, 0.15) is 23.0 Å². The first kappa shape index (κ1) is 11.4. The summed E-state index contributed by atoms with van der Waals surface area (Å²) in [5.74, 6) is 0.747. The summed E-state index contributed by atoms with van der Waals surface area (Å²) in [5, 5.41) is 10.2. The van der Waals surface area contributed by atoms with Gasteiger partial charge in [0.2, 0.25) is 0 Å². The largest absolute Gasteiger partial charge is 0.469 e. The smallest absolute Gasteiger partial charge is 0.109 e. The first-order valence-electron chi connectivity index (χ1n) is 4.26. The summed E-state index contributed by atoms with van der Waals surface area (Å²) in [5.41, 5.74) is 1.66. The van der Waals surface area contributed by atoms with Crippen molar-refractivity contribution in [2.45, 2.75) is 13.0 Å². The van der Waals surface area contributed by atoms with Gasteiger partial charge < -0.3 is 9.52 Å². The molecule has 0 aliphatic heterocycles. The van der Waals surface area contributed by atoms with Crippen molar-refractivity contribution in [3.05, 3.63) is 42.9 Å². The summed E-state index contributed by atoms with van der Waals surface area (Å²) in [7, 11) is 0. The molecule has 2 heterocycles. The van der Waals surface area contributed by atoms with Crippen LogP contribution >= 0.6 is 43.2 Å². The van der Waals surface area contributed by atoms with Crippen molar-refractivity contribution in [2.24, 2.45) is 0 Å². The van der Waals surface area contributed by atoms with Gasteiger partial charge in [0.25, 0.3) is 0 Å². The van der Waals surface area contributed by atoms with Gasteiger partial charge in [-0.1, -0.05) is 0 Å². The summed E-state index contributed by atoms with van der Waals surface area (Å²) < 4.78 is 7.09. The van der Waals surface area contributed by atoms with E-state index in [1.54, 1.807) is 23.7 Å². The minimum atomic E-state index is -0.638. The van der Waals surface area contributed by atoms with Gasteiger partial charge in [-0.2, -0.15) is 0 Å². The predicted molar refractivity (Wildman–Crippen MR) is 67.2 cm³/mol. The molecule has 15 heavy (non-hydrogen) atoms. The molecule has 80 valence electrons. The van der Waals surface area contributed by atoms with Crippen LogP contribution < -0.4 is 0 Å². The van der Waals surface area contributed by atoms with E-state index in [4.69, 9.17) is 4.42 Å². The summed E-state index contributed by atoms with van der Waals surface area (Å²) in [6.45, 7) is 1.84. The minimum Gasteiger partial charge on any atom is -0.469 e. The molecule has 0 fully saturated rings. The van der Waals surface area contributed by atoms with Gasteiger partial charge in [-0.05, 0) is 50.9 Å². The lowest BCUT2D eigenvalue weighted by Crippen LogP contribution is -1.98. The maximum Gasteiger partial charge on any atom is 0.109 e. The SMILES string of the molecule is Cc1occc1C(O)c1cc(Br)sc1Br. The number of halogens is 2. The van der Waals surface area contributed by atoms with Crippen LogP contribution in [-0.4, -0.2) is 5.11 Å². The Kier molecular flexibility index (Phi) is 3.35. The predicted octanol–water partition coefficient (Wildman–Crippen LogP) is 4.26. The van der Waals surface area contributed by atoms with Gasteiger partial charge in [-0.15, -0.1) is 11.3 Å². The highest BCUT2D eigenvalue weighted by Gasteiger charge is 2.19. The summed E-state index contributed by atoms with van der Waals surface area (Å²) >= 11 is 8.36. The Morgan fingerprint density at radius 1 is 1.40 bits per heavy atom. The third-order valence-electron chi connectivity index (χ3n) is 2.17. The fourth-order valence-electron chi connectivity index (χ4n) is 1.39. The molecule has 2 rings (SSSR count). The number of hydrogen-bond donors (Lipinski definition) is 1. The topological polar surface area (TPSA) is 33.4 Å². The van der Waals surface area contributed by atoms with Gasteiger partial charge >= 0.3 is 0 Å². The van der Waals surface area contributed by atoms with Crippen LogP contribution in [0.2, 0.25) is 0 Å². The zero-order chi connectivity index (χ0) is 11.0. The minimum absolute atomic E-state index is 0.638. The number of thiophene rings is 1. The standard InChI is InChI=1S/C10H8Br2O2S/c1-5-6(2-3-14-5)9(13)7-4-8(11)15-10(7)12/h2-4,9,13H,1H3. The van der Waals surface area contributed by atoms with E-state index in [2.05, 4.69) is 31.9 Å². The number of aliphatic hydroxyl groups is 1. The Balaban J connectivity index is 2.40. The fraction of sp³-hybridized carbons (Fsp3) is 0.200. The molecule has 0 aliphatic carbocycles. The molecule has 2 aromatic heterocycles. The van der Waals surface area contributed by atoms with Crippen LogP contribution in [0.25, 0.3) is 0 Å². The zero-order valence-electron chi connectivity index (χ0n) is 7.83. The average molecular weight is 352 g/mol. The molecule has 5 heteroatoms. The van der Waals surface area contributed by atoms with Crippen molar-refractivity contribution < 1.29 is 9.52 Å². The van der Waals surface area contributed by atoms with Crippen LogP contribution in [0, 0.1) is 6.92 Å². The summed E-state index contributed by atoms with van der Waals surface area (Å²) in [4.78, 5) is 0. The van der Waals surface area contributed by atoms with Crippen molar-refractivity contribution in [1.29, 1.82) is 0 Å². The van der Waals surface area contributed by atoms with E-state index in [-0.39, 0.29) is 0 Å². The summed E-state index contributed by atoms with van der Waals surface area (Å²) in [6.07, 6.45) is 0.948. The Morgan fingerprint density at radius 2 is 2.13 bits per heavy atom. The normalized spacial score (nSPS) is 13.1. The molecule has 1 unspecified atom stereocenters. The maximum absolute atomic E-state index is 10.2. The Labute approximate surface area is 108 Å². The summed E-state index contributed by atoms with van der Waals surface area (Å²) in [6, 6.07) is 3.70. The molecule has 0 spiro atoms. The fourth-order valence-corrected chi connectivity index (χ4v) is 4.27. The van der Waals surface area contributed by atoms with Crippen molar-refractivity contribution >= 4 is 43.2 Å². The van der Waals surface area contributed by atoms with Crippen molar-refractivity contribution in [3.8, 4) is 0 Å². The van der Waals surface area contributed by atoms with Crippen molar-refractivity contribution in [2.75, 3.05) is 0 Å². The Hall–Kier alpha value is -0.100. The van der Waals surface area contributed by atoms with Crippen LogP contribution in [0.3, 0.4) is 0 Å². The van der Waals surface area contributed by atoms with E-state index in [9.17, 15) is 5.11 Å². The zero-order valence-corrected chi connectivity index (χ0v) is 11.8. The molecule has 2 nitrogen and oxygen atoms in total. The Morgan fingerprint density at radius 3 is 2.60 bits per heavy atom. The lowest BCUT2D eigenvalue weighted by molar-refractivity contribution is 0.218. The Bertz CT molecular complexity index is 475. The third-order valence-corrected chi connectivity index (χ3v) is 4.56. The average Bonchev–Trinajstić information content (AvgIpc) is 2.71. The number of furan rings is 1. The van der Waals surface area contributed by atoms with Gasteiger partial charge in [-0.3, -0.25) is 0 Å². The van der Waals surface area contributed by atoms with Crippen molar-refractivity contribution in [3.63, 3.8) is 0 Å². The second kappa shape index (κ2) is 4.41. The maximum atomic E-state index is 10.2. The molecule has 2 aromatic rings. The molecule has 0 saturated carbocycles. The molecular formula is C10H8Br2O2S. The lowest BCUT2D eigenvalue weighted by atomic mass is 10.1. The van der Waals surface area contributed by atoms with Gasteiger partial charge in [0.1, 0.15) is 11.9 Å². The molecule has 0 aliphatic rings. The number of hydrogen-bond acceptors (Lipinski definition) is 3. The van der Waals surface area contributed by atoms with Gasteiger partial charge in [0.15, 0.2) is 0 Å². The molecule has 1 atom stereocenters. The van der Waals surface area contributed by atoms with Crippen molar-refractivity contribution in [1.82, 2.24) is 0 Å². The highest BCUT2D eigenvalue weighted by atomic mass is 79.9. The molecule has 0 amide bonds. The van der Waals surface area contributed by atoms with Crippen LogP contribution in [0.5, 0.6) is 0 Å². The third kappa shape index (κ3) is 2.20. The number of aliphatic hydroxyl groups excluding tert-OH is 1. The van der Waals surface area contributed by atoms with Crippen LogP contribution in [-0.2, 0) is 0 Å². The van der Waals surface area contributed by atoms with E-state index in [0.29, 0.717) is 0 Å². The number of aryl methyl sites for hydroxylation is 1. The van der Waals surface area contributed by atoms with E-state index in [0.717, 1.165) is 24.5 Å². The second-order valence-corrected chi connectivity index (χ2v) is 6.86. The van der Waals surface area contributed by atoms with Crippen LogP contribution in [0.4, 0.5) is 0 Å². The molecule has 0 radical (unpaired) electrons. The monoisotopic (exact) mass is 350 g/mol. The highest BCUT2D eigenvalue weighted by molar-refractivity contribution is 9.12. The number of rotatable bonds is 2. The first-order chi connectivity index (χ1) is 7.09. The van der Waals surface area contributed by atoms with E-state index >= 15 is 0 Å². The van der Waals surface area contributed by atoms with Crippen LogP contribution in [0.15, 0.2) is 30.4 Å². The quantitative estimate of drug-likeness (QED) is 0.877. The van der Waals surface area contributed by atoms with E-state index < -0.39 is 6.10 Å².